The average Bonchev–Trinajstić information content (AvgIpc) is 2.31. The van der Waals surface area contributed by atoms with E-state index in [4.69, 9.17) is 5.73 Å². The van der Waals surface area contributed by atoms with Gasteiger partial charge in [-0.1, -0.05) is 38.8 Å². The Hall–Kier alpha value is -0.410. The van der Waals surface area contributed by atoms with Crippen molar-refractivity contribution in [2.75, 3.05) is 0 Å². The van der Waals surface area contributed by atoms with Gasteiger partial charge in [0.05, 0.1) is 4.47 Å². The van der Waals surface area contributed by atoms with Gasteiger partial charge in [-0.3, -0.25) is 0 Å². The van der Waals surface area contributed by atoms with Gasteiger partial charge in [-0.05, 0) is 53.1 Å². The summed E-state index contributed by atoms with van der Waals surface area (Å²) in [6, 6.07) is 5.46. The highest BCUT2D eigenvalue weighted by molar-refractivity contribution is 9.10. The van der Waals surface area contributed by atoms with Crippen LogP contribution in [0.4, 0.5) is 4.39 Å². The number of halogens is 2. The summed E-state index contributed by atoms with van der Waals surface area (Å²) in [6.45, 7) is 4.49. The Kier molecular flexibility index (Phi) is 4.67. The molecule has 2 rings (SSSR count). The summed E-state index contributed by atoms with van der Waals surface area (Å²) in [5.41, 5.74) is 6.74. The van der Waals surface area contributed by atoms with Gasteiger partial charge in [0.1, 0.15) is 5.82 Å². The molecule has 2 unspecified atom stereocenters. The Morgan fingerprint density at radius 3 is 2.89 bits per heavy atom. The lowest BCUT2D eigenvalue weighted by Crippen LogP contribution is -2.42. The zero-order chi connectivity index (χ0) is 14.0. The van der Waals surface area contributed by atoms with E-state index in [9.17, 15) is 4.39 Å². The number of hydrogen-bond acceptors (Lipinski definition) is 1. The first-order chi connectivity index (χ1) is 8.92. The molecular formula is C16H23BrFN. The lowest BCUT2D eigenvalue weighted by Gasteiger charge is -2.39. The quantitative estimate of drug-likeness (QED) is 0.832. The third kappa shape index (κ3) is 3.38. The summed E-state index contributed by atoms with van der Waals surface area (Å²) in [5, 5.41) is 0. The molecule has 2 atom stereocenters. The predicted octanol–water partition coefficient (Wildman–Crippen LogP) is 4.98. The molecule has 0 aliphatic heterocycles. The fraction of sp³-hybridized carbons (Fsp3) is 0.625. The predicted molar refractivity (Wildman–Crippen MR) is 81.4 cm³/mol. The highest BCUT2D eigenvalue weighted by Gasteiger charge is 2.36. The first-order valence-corrected chi connectivity index (χ1v) is 7.95. The third-order valence-electron chi connectivity index (χ3n) is 4.18. The van der Waals surface area contributed by atoms with Crippen molar-refractivity contribution in [3.8, 4) is 0 Å². The summed E-state index contributed by atoms with van der Waals surface area (Å²) in [5.74, 6) is 1.12. The molecule has 1 nitrogen and oxygen atoms in total. The van der Waals surface area contributed by atoms with Gasteiger partial charge in [-0.25, -0.2) is 4.39 Å². The zero-order valence-corrected chi connectivity index (χ0v) is 13.3. The number of nitrogens with two attached hydrogens (primary N) is 1. The molecule has 1 saturated carbocycles. The molecule has 1 aliphatic carbocycles. The highest BCUT2D eigenvalue weighted by Crippen LogP contribution is 2.42. The van der Waals surface area contributed by atoms with Crippen molar-refractivity contribution in [1.29, 1.82) is 0 Å². The Morgan fingerprint density at radius 1 is 1.47 bits per heavy atom. The molecule has 1 aliphatic rings. The molecule has 0 heterocycles. The number of hydrogen-bond donors (Lipinski definition) is 1. The number of rotatable bonds is 3. The topological polar surface area (TPSA) is 26.0 Å². The third-order valence-corrected chi connectivity index (χ3v) is 4.79. The van der Waals surface area contributed by atoms with Crippen LogP contribution in [0.1, 0.15) is 51.5 Å². The Bertz CT molecular complexity index is 446. The van der Waals surface area contributed by atoms with Gasteiger partial charge in [0.15, 0.2) is 0 Å². The maximum atomic E-state index is 14.3. The van der Waals surface area contributed by atoms with Crippen LogP contribution in [0.2, 0.25) is 0 Å². The molecule has 0 spiro atoms. The van der Waals surface area contributed by atoms with Gasteiger partial charge in [0, 0.05) is 11.1 Å². The lowest BCUT2D eigenvalue weighted by molar-refractivity contribution is 0.198. The summed E-state index contributed by atoms with van der Waals surface area (Å²) in [6.07, 6.45) is 5.30. The van der Waals surface area contributed by atoms with Gasteiger partial charge in [0.2, 0.25) is 0 Å². The fourth-order valence-electron chi connectivity index (χ4n) is 3.43. The summed E-state index contributed by atoms with van der Waals surface area (Å²) in [4.78, 5) is 0. The van der Waals surface area contributed by atoms with E-state index < -0.39 is 5.54 Å². The van der Waals surface area contributed by atoms with E-state index in [-0.39, 0.29) is 5.82 Å². The fourth-order valence-corrected chi connectivity index (χ4v) is 3.79. The molecule has 0 saturated heterocycles. The van der Waals surface area contributed by atoms with Gasteiger partial charge in [-0.15, -0.1) is 0 Å². The van der Waals surface area contributed by atoms with Crippen molar-refractivity contribution in [2.45, 2.75) is 51.5 Å². The second kappa shape index (κ2) is 5.92. The van der Waals surface area contributed by atoms with Crippen molar-refractivity contribution in [2.24, 2.45) is 17.6 Å². The average molecular weight is 328 g/mol. The molecule has 3 heteroatoms. The van der Waals surface area contributed by atoms with Crippen LogP contribution in [0.15, 0.2) is 22.7 Å². The Labute approximate surface area is 123 Å². The van der Waals surface area contributed by atoms with Crippen LogP contribution < -0.4 is 5.73 Å². The van der Waals surface area contributed by atoms with Gasteiger partial charge < -0.3 is 5.73 Å². The number of benzene rings is 1. The van der Waals surface area contributed by atoms with Crippen molar-refractivity contribution < 1.29 is 4.39 Å². The first-order valence-electron chi connectivity index (χ1n) is 7.16. The maximum Gasteiger partial charge on any atom is 0.142 e. The van der Waals surface area contributed by atoms with Gasteiger partial charge in [0.25, 0.3) is 0 Å². The minimum Gasteiger partial charge on any atom is -0.321 e. The van der Waals surface area contributed by atoms with E-state index in [1.807, 2.05) is 12.1 Å². The van der Waals surface area contributed by atoms with Gasteiger partial charge >= 0.3 is 0 Å². The lowest BCUT2D eigenvalue weighted by atomic mass is 9.70. The molecule has 106 valence electrons. The molecule has 2 N–H and O–H groups in total. The monoisotopic (exact) mass is 327 g/mol. The van der Waals surface area contributed by atoms with Crippen molar-refractivity contribution in [3.63, 3.8) is 0 Å². The molecule has 1 aromatic carbocycles. The van der Waals surface area contributed by atoms with Crippen LogP contribution in [0.25, 0.3) is 0 Å². The van der Waals surface area contributed by atoms with Crippen LogP contribution in [-0.2, 0) is 5.54 Å². The minimum absolute atomic E-state index is 0.185. The Balaban J connectivity index is 2.24. The van der Waals surface area contributed by atoms with Crippen LogP contribution in [0, 0.1) is 17.7 Å². The second-order valence-corrected chi connectivity index (χ2v) is 7.20. The highest BCUT2D eigenvalue weighted by atomic mass is 79.9. The van der Waals surface area contributed by atoms with E-state index >= 15 is 0 Å². The molecule has 1 aromatic rings. The first kappa shape index (κ1) is 15.0. The van der Waals surface area contributed by atoms with Crippen LogP contribution >= 0.6 is 15.9 Å². The SMILES string of the molecule is CC(C)CC1CCCC(N)(c2cccc(Br)c2F)C1. The van der Waals surface area contributed by atoms with Crippen molar-refractivity contribution >= 4 is 15.9 Å². The minimum atomic E-state index is -0.494. The van der Waals surface area contributed by atoms with E-state index in [1.54, 1.807) is 6.07 Å². The van der Waals surface area contributed by atoms with Crippen LogP contribution in [0.5, 0.6) is 0 Å². The summed E-state index contributed by atoms with van der Waals surface area (Å²) < 4.78 is 14.8. The van der Waals surface area contributed by atoms with Crippen molar-refractivity contribution in [1.82, 2.24) is 0 Å². The molecule has 0 bridgehead atoms. The van der Waals surface area contributed by atoms with Crippen LogP contribution in [-0.4, -0.2) is 0 Å². The molecule has 0 amide bonds. The van der Waals surface area contributed by atoms with E-state index in [0.717, 1.165) is 19.3 Å². The summed E-state index contributed by atoms with van der Waals surface area (Å²) >= 11 is 3.26. The molecular weight excluding hydrogens is 305 g/mol. The maximum absolute atomic E-state index is 14.3. The normalized spacial score (nSPS) is 27.8. The van der Waals surface area contributed by atoms with E-state index in [0.29, 0.717) is 21.9 Å². The van der Waals surface area contributed by atoms with E-state index in [1.165, 1.54) is 12.8 Å². The second-order valence-electron chi connectivity index (χ2n) is 6.35. The smallest absolute Gasteiger partial charge is 0.142 e. The van der Waals surface area contributed by atoms with Gasteiger partial charge in [-0.2, -0.15) is 0 Å². The summed E-state index contributed by atoms with van der Waals surface area (Å²) in [7, 11) is 0. The molecule has 0 aromatic heterocycles. The Morgan fingerprint density at radius 2 is 2.21 bits per heavy atom. The molecule has 0 radical (unpaired) electrons. The molecule has 19 heavy (non-hydrogen) atoms. The molecule has 1 fully saturated rings. The van der Waals surface area contributed by atoms with Crippen molar-refractivity contribution in [3.05, 3.63) is 34.1 Å². The van der Waals surface area contributed by atoms with E-state index in [2.05, 4.69) is 29.8 Å². The largest absolute Gasteiger partial charge is 0.321 e. The van der Waals surface area contributed by atoms with Crippen LogP contribution in [0.3, 0.4) is 0 Å². The standard InChI is InChI=1S/C16H23BrFN/c1-11(2)9-12-5-4-8-16(19,10-12)13-6-3-7-14(17)15(13)18/h3,6-7,11-12H,4-5,8-10,19H2,1-2H3. The zero-order valence-electron chi connectivity index (χ0n) is 11.8.